The molecule has 1 aliphatic rings. The molecule has 0 aliphatic carbocycles. The molecule has 122 valence electrons. The number of aryl methyl sites for hydroxylation is 1. The molecular formula is C17H19NO4S. The van der Waals surface area contributed by atoms with Crippen molar-refractivity contribution in [2.45, 2.75) is 32.2 Å². The molecule has 1 aliphatic heterocycles. The average molecular weight is 333 g/mol. The smallest absolute Gasteiger partial charge is 0.329 e. The van der Waals surface area contributed by atoms with Gasteiger partial charge < -0.3 is 14.7 Å². The maximum atomic E-state index is 13.0. The van der Waals surface area contributed by atoms with Crippen LogP contribution in [0.3, 0.4) is 0 Å². The van der Waals surface area contributed by atoms with E-state index in [0.717, 1.165) is 21.4 Å². The molecule has 1 amide bonds. The van der Waals surface area contributed by atoms with E-state index in [1.807, 2.05) is 25.1 Å². The van der Waals surface area contributed by atoms with E-state index in [4.69, 9.17) is 4.74 Å². The van der Waals surface area contributed by atoms with Crippen LogP contribution in [0.5, 0.6) is 5.75 Å². The normalized spacial score (nSPS) is 20.9. The van der Waals surface area contributed by atoms with Crippen molar-refractivity contribution in [2.24, 2.45) is 0 Å². The highest BCUT2D eigenvalue weighted by Gasteiger charge is 2.46. The summed E-state index contributed by atoms with van der Waals surface area (Å²) in [5, 5.41) is 10.5. The van der Waals surface area contributed by atoms with Crippen LogP contribution in [-0.4, -0.2) is 41.1 Å². The Morgan fingerprint density at radius 1 is 1.39 bits per heavy atom. The lowest BCUT2D eigenvalue weighted by Crippen LogP contribution is -2.50. The number of aliphatic carboxylic acids is 1. The predicted molar refractivity (Wildman–Crippen MR) is 89.4 cm³/mol. The Hall–Kier alpha value is -2.08. The van der Waals surface area contributed by atoms with Crippen LogP contribution in [0, 0.1) is 6.92 Å². The summed E-state index contributed by atoms with van der Waals surface area (Å²) in [4.78, 5) is 26.7. The third kappa shape index (κ3) is 2.37. The van der Waals surface area contributed by atoms with Crippen LogP contribution in [0.25, 0.3) is 10.1 Å². The van der Waals surface area contributed by atoms with Crippen molar-refractivity contribution in [3.8, 4) is 5.75 Å². The Morgan fingerprint density at radius 3 is 2.78 bits per heavy atom. The molecule has 1 saturated heterocycles. The minimum absolute atomic E-state index is 0.190. The van der Waals surface area contributed by atoms with Crippen LogP contribution in [0.4, 0.5) is 0 Å². The Kier molecular flexibility index (Phi) is 3.80. The first-order valence-corrected chi connectivity index (χ1v) is 8.32. The van der Waals surface area contributed by atoms with Crippen molar-refractivity contribution in [1.29, 1.82) is 0 Å². The van der Waals surface area contributed by atoms with Gasteiger partial charge in [0, 0.05) is 11.2 Å². The average Bonchev–Trinajstić information content (AvgIpc) is 3.08. The van der Waals surface area contributed by atoms with Gasteiger partial charge in [0.1, 0.15) is 11.3 Å². The van der Waals surface area contributed by atoms with Crippen LogP contribution in [0.15, 0.2) is 18.2 Å². The van der Waals surface area contributed by atoms with E-state index in [0.29, 0.717) is 24.3 Å². The van der Waals surface area contributed by atoms with Crippen LogP contribution in [-0.2, 0) is 4.79 Å². The van der Waals surface area contributed by atoms with Gasteiger partial charge >= 0.3 is 5.97 Å². The lowest BCUT2D eigenvalue weighted by atomic mass is 9.99. The number of fused-ring (bicyclic) bond motifs is 1. The zero-order valence-electron chi connectivity index (χ0n) is 13.4. The number of methoxy groups -OCH3 is 1. The molecule has 0 spiro atoms. The second-order valence-corrected chi connectivity index (χ2v) is 7.11. The van der Waals surface area contributed by atoms with Gasteiger partial charge in [-0.05, 0) is 55.8 Å². The number of likely N-dealkylation sites (tertiary alicyclic amines) is 1. The van der Waals surface area contributed by atoms with Crippen molar-refractivity contribution < 1.29 is 19.4 Å². The lowest BCUT2D eigenvalue weighted by molar-refractivity contribution is -0.147. The predicted octanol–water partition coefficient (Wildman–Crippen LogP) is 3.30. The molecule has 1 N–H and O–H groups in total. The summed E-state index contributed by atoms with van der Waals surface area (Å²) >= 11 is 1.41. The number of rotatable bonds is 3. The van der Waals surface area contributed by atoms with Gasteiger partial charge in [0.05, 0.1) is 12.0 Å². The van der Waals surface area contributed by atoms with E-state index in [9.17, 15) is 14.7 Å². The van der Waals surface area contributed by atoms with Crippen LogP contribution in [0.1, 0.15) is 35.0 Å². The Morgan fingerprint density at radius 2 is 2.13 bits per heavy atom. The molecule has 3 rings (SSSR count). The van der Waals surface area contributed by atoms with Crippen LogP contribution in [0.2, 0.25) is 0 Å². The van der Waals surface area contributed by atoms with Crippen molar-refractivity contribution in [3.63, 3.8) is 0 Å². The first-order valence-electron chi connectivity index (χ1n) is 7.51. The third-order valence-electron chi connectivity index (χ3n) is 4.68. The second kappa shape index (κ2) is 5.53. The second-order valence-electron chi connectivity index (χ2n) is 6.06. The van der Waals surface area contributed by atoms with Crippen molar-refractivity contribution in [2.75, 3.05) is 13.7 Å². The quantitative estimate of drug-likeness (QED) is 0.936. The highest BCUT2D eigenvalue weighted by atomic mass is 32.1. The topological polar surface area (TPSA) is 66.8 Å². The van der Waals surface area contributed by atoms with Gasteiger partial charge in [-0.3, -0.25) is 4.79 Å². The highest BCUT2D eigenvalue weighted by molar-refractivity contribution is 7.21. The first kappa shape index (κ1) is 15.8. The number of amides is 1. The number of ether oxygens (including phenoxy) is 1. The molecule has 0 bridgehead atoms. The fraction of sp³-hybridized carbons (Fsp3) is 0.412. The molecule has 6 heteroatoms. The number of thiophene rings is 1. The molecule has 0 saturated carbocycles. The van der Waals surface area contributed by atoms with Gasteiger partial charge in [-0.2, -0.15) is 0 Å². The number of carboxylic acids is 1. The summed E-state index contributed by atoms with van der Waals surface area (Å²) in [6.45, 7) is 4.02. The highest BCUT2D eigenvalue weighted by Crippen LogP contribution is 2.37. The number of carbonyl (C=O) groups is 2. The molecule has 1 atom stereocenters. The molecule has 23 heavy (non-hydrogen) atoms. The third-order valence-corrected chi connectivity index (χ3v) is 5.95. The number of benzene rings is 1. The van der Waals surface area contributed by atoms with Crippen molar-refractivity contribution >= 4 is 33.3 Å². The molecule has 1 aromatic carbocycles. The van der Waals surface area contributed by atoms with Crippen LogP contribution >= 0.6 is 11.3 Å². The Bertz CT molecular complexity index is 797. The van der Waals surface area contributed by atoms with E-state index in [1.54, 1.807) is 14.0 Å². The molecule has 2 heterocycles. The van der Waals surface area contributed by atoms with E-state index in [2.05, 4.69) is 0 Å². The zero-order chi connectivity index (χ0) is 16.8. The SMILES string of the molecule is COc1ccc2sc(C(=O)N3CCCC3(C)C(=O)O)c(C)c2c1. The summed E-state index contributed by atoms with van der Waals surface area (Å²) in [5.41, 5.74) is -0.231. The number of carbonyl (C=O) groups excluding carboxylic acids is 1. The van der Waals surface area contributed by atoms with E-state index in [1.165, 1.54) is 16.2 Å². The molecule has 2 aromatic rings. The minimum Gasteiger partial charge on any atom is -0.497 e. The largest absolute Gasteiger partial charge is 0.497 e. The molecule has 0 radical (unpaired) electrons. The number of nitrogens with zero attached hydrogens (tertiary/aromatic N) is 1. The molecule has 1 unspecified atom stereocenters. The van der Waals surface area contributed by atoms with Crippen molar-refractivity contribution in [3.05, 3.63) is 28.6 Å². The Labute approximate surface area is 138 Å². The number of hydrogen-bond donors (Lipinski definition) is 1. The van der Waals surface area contributed by atoms with E-state index >= 15 is 0 Å². The monoisotopic (exact) mass is 333 g/mol. The van der Waals surface area contributed by atoms with Gasteiger partial charge in [0.15, 0.2) is 0 Å². The van der Waals surface area contributed by atoms with Gasteiger partial charge in [0.25, 0.3) is 5.91 Å². The summed E-state index contributed by atoms with van der Waals surface area (Å²) < 4.78 is 6.25. The summed E-state index contributed by atoms with van der Waals surface area (Å²) in [7, 11) is 1.61. The minimum atomic E-state index is -1.11. The van der Waals surface area contributed by atoms with Crippen molar-refractivity contribution in [1.82, 2.24) is 4.90 Å². The molecule has 5 nitrogen and oxygen atoms in total. The van der Waals surface area contributed by atoms with Gasteiger partial charge in [-0.25, -0.2) is 4.79 Å². The van der Waals surface area contributed by atoms with E-state index in [-0.39, 0.29) is 5.91 Å². The van der Waals surface area contributed by atoms with Gasteiger partial charge in [-0.1, -0.05) is 0 Å². The maximum Gasteiger partial charge on any atom is 0.329 e. The zero-order valence-corrected chi connectivity index (χ0v) is 14.2. The number of carboxylic acid groups (broad SMARTS) is 1. The van der Waals surface area contributed by atoms with Gasteiger partial charge in [0.2, 0.25) is 0 Å². The Balaban J connectivity index is 2.04. The van der Waals surface area contributed by atoms with Gasteiger partial charge in [-0.15, -0.1) is 11.3 Å². The van der Waals surface area contributed by atoms with E-state index < -0.39 is 11.5 Å². The maximum absolute atomic E-state index is 13.0. The summed E-state index contributed by atoms with van der Waals surface area (Å²) in [6, 6.07) is 5.71. The molecular weight excluding hydrogens is 314 g/mol. The fourth-order valence-corrected chi connectivity index (χ4v) is 4.30. The molecule has 1 fully saturated rings. The lowest BCUT2D eigenvalue weighted by Gasteiger charge is -2.31. The fourth-order valence-electron chi connectivity index (χ4n) is 3.16. The number of hydrogen-bond acceptors (Lipinski definition) is 4. The summed E-state index contributed by atoms with van der Waals surface area (Å²) in [6.07, 6.45) is 1.21. The summed E-state index contributed by atoms with van der Waals surface area (Å²) in [5.74, 6) is -0.386. The van der Waals surface area contributed by atoms with Crippen LogP contribution < -0.4 is 4.74 Å². The standard InChI is InChI=1S/C17H19NO4S/c1-10-12-9-11(22-3)5-6-13(12)23-14(10)15(19)18-8-4-7-17(18,2)16(20)21/h5-6,9H,4,7-8H2,1-3H3,(H,20,21). The first-order chi connectivity index (χ1) is 10.9. The molecule has 1 aromatic heterocycles.